The molecule has 4 heteroatoms. The zero-order chi connectivity index (χ0) is 19.0. The number of ether oxygens (including phenoxy) is 2. The number of hydrogen-bond donors (Lipinski definition) is 0. The van der Waals surface area contributed by atoms with Crippen molar-refractivity contribution in [2.45, 2.75) is 31.9 Å². The summed E-state index contributed by atoms with van der Waals surface area (Å²) in [6, 6.07) is 21.0. The van der Waals surface area contributed by atoms with Crippen LogP contribution in [0.3, 0.4) is 0 Å². The first kappa shape index (κ1) is 20.4. The van der Waals surface area contributed by atoms with Crippen molar-refractivity contribution in [1.29, 1.82) is 0 Å². The molecule has 0 N–H and O–H groups in total. The summed E-state index contributed by atoms with van der Waals surface area (Å²) >= 11 is 0. The van der Waals surface area contributed by atoms with E-state index in [0.29, 0.717) is 6.61 Å². The van der Waals surface area contributed by atoms with Gasteiger partial charge in [-0.2, -0.15) is 0 Å². The zero-order valence-corrected chi connectivity index (χ0v) is 17.1. The molecule has 1 atom stereocenters. The number of terminal acetylenes is 1. The van der Waals surface area contributed by atoms with E-state index < -0.39 is 14.4 Å². The van der Waals surface area contributed by atoms with E-state index in [4.69, 9.17) is 20.3 Å². The van der Waals surface area contributed by atoms with Crippen molar-refractivity contribution in [2.75, 3.05) is 20.5 Å². The summed E-state index contributed by atoms with van der Waals surface area (Å²) in [5, 5.41) is 2.36. The summed E-state index contributed by atoms with van der Waals surface area (Å²) in [7, 11) is -1.00. The number of hydrogen-bond acceptors (Lipinski definition) is 3. The van der Waals surface area contributed by atoms with E-state index in [1.54, 1.807) is 7.11 Å². The van der Waals surface area contributed by atoms with E-state index in [1.165, 1.54) is 10.4 Å². The Labute approximate surface area is 158 Å². The Morgan fingerprint density at radius 1 is 0.962 bits per heavy atom. The monoisotopic (exact) mass is 368 g/mol. The lowest BCUT2D eigenvalue weighted by Crippen LogP contribution is -2.67. The maximum absolute atomic E-state index is 6.73. The van der Waals surface area contributed by atoms with Gasteiger partial charge in [0.2, 0.25) is 0 Å². The smallest absolute Gasteiger partial charge is 0.261 e. The molecule has 0 amide bonds. The molecule has 0 spiro atoms. The Bertz CT molecular complexity index is 662. The van der Waals surface area contributed by atoms with Crippen LogP contribution in [0.4, 0.5) is 0 Å². The van der Waals surface area contributed by atoms with Crippen LogP contribution in [0.5, 0.6) is 0 Å². The minimum absolute atomic E-state index is 0.0872. The fraction of sp³-hybridized carbons (Fsp3) is 0.364. The SMILES string of the molecule is C#C[C@@H](CO[Si](c1ccccc1)(c1ccccc1)C(C)(C)C)OCOC. The van der Waals surface area contributed by atoms with Gasteiger partial charge in [-0.05, 0) is 15.4 Å². The minimum Gasteiger partial charge on any atom is -0.404 e. The molecule has 0 saturated heterocycles. The molecule has 26 heavy (non-hydrogen) atoms. The number of methoxy groups -OCH3 is 1. The molecule has 0 fully saturated rings. The van der Waals surface area contributed by atoms with Gasteiger partial charge >= 0.3 is 0 Å². The summed E-state index contributed by atoms with van der Waals surface area (Å²) in [4.78, 5) is 0. The Morgan fingerprint density at radius 2 is 1.46 bits per heavy atom. The predicted molar refractivity (Wildman–Crippen MR) is 109 cm³/mol. The summed E-state index contributed by atoms with van der Waals surface area (Å²) in [5.74, 6) is 2.66. The largest absolute Gasteiger partial charge is 0.404 e. The van der Waals surface area contributed by atoms with E-state index in [1.807, 2.05) is 12.1 Å². The highest BCUT2D eigenvalue weighted by Crippen LogP contribution is 2.36. The molecule has 0 aliphatic carbocycles. The topological polar surface area (TPSA) is 27.7 Å². The first-order valence-electron chi connectivity index (χ1n) is 8.77. The van der Waals surface area contributed by atoms with Crippen molar-refractivity contribution in [3.63, 3.8) is 0 Å². The molecule has 0 aromatic heterocycles. The zero-order valence-electron chi connectivity index (χ0n) is 16.1. The highest BCUT2D eigenvalue weighted by atomic mass is 28.4. The van der Waals surface area contributed by atoms with Crippen molar-refractivity contribution >= 4 is 18.7 Å². The van der Waals surface area contributed by atoms with E-state index >= 15 is 0 Å². The molecule has 0 bridgehead atoms. The summed E-state index contributed by atoms with van der Waals surface area (Å²) in [6.07, 6.45) is 5.19. The standard InChI is InChI=1S/C22H28O3Si/c1-6-19(24-18-23-5)17-25-26(22(2,3)4,20-13-9-7-10-14-20)21-15-11-8-12-16-21/h1,7-16,19H,17-18H2,2-5H3/t19-/m0/s1. The van der Waals surface area contributed by atoms with Gasteiger partial charge in [0.1, 0.15) is 12.9 Å². The third kappa shape index (κ3) is 4.43. The molecule has 0 unspecified atom stereocenters. The average Bonchev–Trinajstić information content (AvgIpc) is 2.65. The number of benzene rings is 2. The van der Waals surface area contributed by atoms with Crippen LogP contribution in [0.1, 0.15) is 20.8 Å². The fourth-order valence-electron chi connectivity index (χ4n) is 3.26. The summed E-state index contributed by atoms with van der Waals surface area (Å²) < 4.78 is 17.3. The van der Waals surface area contributed by atoms with Gasteiger partial charge in [0, 0.05) is 7.11 Å². The first-order chi connectivity index (χ1) is 12.5. The van der Waals surface area contributed by atoms with Gasteiger partial charge < -0.3 is 13.9 Å². The van der Waals surface area contributed by atoms with Crippen LogP contribution in [0.15, 0.2) is 60.7 Å². The molecule has 2 aromatic rings. The normalized spacial score (nSPS) is 13.2. The Morgan fingerprint density at radius 3 is 1.85 bits per heavy atom. The van der Waals surface area contributed by atoms with Crippen LogP contribution in [0.2, 0.25) is 5.04 Å². The fourth-order valence-corrected chi connectivity index (χ4v) is 7.81. The van der Waals surface area contributed by atoms with Gasteiger partial charge in [-0.3, -0.25) is 0 Å². The quantitative estimate of drug-likeness (QED) is 0.407. The lowest BCUT2D eigenvalue weighted by atomic mass is 10.2. The van der Waals surface area contributed by atoms with Crippen LogP contribution in [-0.2, 0) is 13.9 Å². The molecule has 0 heterocycles. The van der Waals surface area contributed by atoms with Gasteiger partial charge in [-0.15, -0.1) is 6.42 Å². The molecule has 3 nitrogen and oxygen atoms in total. The Hall–Kier alpha value is -1.90. The maximum atomic E-state index is 6.73. The lowest BCUT2D eigenvalue weighted by Gasteiger charge is -2.43. The highest BCUT2D eigenvalue weighted by Gasteiger charge is 2.50. The molecular weight excluding hydrogens is 340 g/mol. The molecule has 2 rings (SSSR count). The Kier molecular flexibility index (Phi) is 7.19. The minimum atomic E-state index is -2.58. The van der Waals surface area contributed by atoms with Crippen LogP contribution in [-0.4, -0.2) is 34.9 Å². The molecule has 2 aromatic carbocycles. The third-order valence-electron chi connectivity index (χ3n) is 4.44. The second-order valence-electron chi connectivity index (χ2n) is 7.20. The summed E-state index contributed by atoms with van der Waals surface area (Å²) in [6.45, 7) is 7.19. The van der Waals surface area contributed by atoms with Crippen molar-refractivity contribution in [3.05, 3.63) is 60.7 Å². The van der Waals surface area contributed by atoms with Crippen LogP contribution in [0.25, 0.3) is 0 Å². The number of rotatable bonds is 8. The molecule has 138 valence electrons. The second-order valence-corrected chi connectivity index (χ2v) is 11.5. The van der Waals surface area contributed by atoms with Crippen LogP contribution in [0, 0.1) is 12.3 Å². The highest BCUT2D eigenvalue weighted by molar-refractivity contribution is 6.99. The van der Waals surface area contributed by atoms with Gasteiger partial charge in [0.05, 0.1) is 6.61 Å². The maximum Gasteiger partial charge on any atom is 0.261 e. The van der Waals surface area contributed by atoms with E-state index in [-0.39, 0.29) is 11.8 Å². The molecule has 0 aliphatic rings. The lowest BCUT2D eigenvalue weighted by molar-refractivity contribution is -0.0641. The second kappa shape index (κ2) is 9.16. The molecule has 0 saturated carbocycles. The first-order valence-corrected chi connectivity index (χ1v) is 10.7. The van der Waals surface area contributed by atoms with Gasteiger partial charge in [-0.25, -0.2) is 0 Å². The Balaban J connectivity index is 2.49. The van der Waals surface area contributed by atoms with Crippen molar-refractivity contribution in [2.24, 2.45) is 0 Å². The van der Waals surface area contributed by atoms with E-state index in [2.05, 4.69) is 75.2 Å². The molecule has 0 radical (unpaired) electrons. The van der Waals surface area contributed by atoms with Crippen LogP contribution >= 0.6 is 0 Å². The van der Waals surface area contributed by atoms with Gasteiger partial charge in [0.25, 0.3) is 8.32 Å². The third-order valence-corrected chi connectivity index (χ3v) is 9.45. The van der Waals surface area contributed by atoms with Crippen LogP contribution < -0.4 is 10.4 Å². The average molecular weight is 369 g/mol. The van der Waals surface area contributed by atoms with Crippen molar-refractivity contribution in [1.82, 2.24) is 0 Å². The summed E-state index contributed by atoms with van der Waals surface area (Å²) in [5.41, 5.74) is 0. The predicted octanol–water partition coefficient (Wildman–Crippen LogP) is 3.19. The molecule has 0 aliphatic heterocycles. The van der Waals surface area contributed by atoms with Gasteiger partial charge in [0.15, 0.2) is 0 Å². The van der Waals surface area contributed by atoms with E-state index in [9.17, 15) is 0 Å². The van der Waals surface area contributed by atoms with Gasteiger partial charge in [-0.1, -0.05) is 87.4 Å². The molecular formula is C22H28O3Si. The van der Waals surface area contributed by atoms with Crippen molar-refractivity contribution < 1.29 is 13.9 Å². The van der Waals surface area contributed by atoms with Crippen molar-refractivity contribution in [3.8, 4) is 12.3 Å². The van der Waals surface area contributed by atoms with E-state index in [0.717, 1.165) is 0 Å².